The topological polar surface area (TPSA) is 45.7 Å². The first-order valence-corrected chi connectivity index (χ1v) is 8.76. The number of hydrogen-bond donors (Lipinski definition) is 2. The average Bonchev–Trinajstić information content (AvgIpc) is 2.53. The highest BCUT2D eigenvalue weighted by Crippen LogP contribution is 2.17. The number of methoxy groups -OCH3 is 1. The van der Waals surface area contributed by atoms with Crippen LogP contribution in [0.15, 0.2) is 29.3 Å². The zero-order valence-electron chi connectivity index (χ0n) is 13.7. The highest BCUT2D eigenvalue weighted by Gasteiger charge is 2.02. The maximum absolute atomic E-state index is 5.36. The minimum Gasteiger partial charge on any atom is -0.496 e. The molecular formula is C16H28IN3OS. The van der Waals surface area contributed by atoms with Crippen LogP contribution in [-0.4, -0.2) is 45.2 Å². The molecule has 0 aliphatic rings. The molecule has 0 saturated carbocycles. The quantitative estimate of drug-likeness (QED) is 0.270. The van der Waals surface area contributed by atoms with E-state index in [-0.39, 0.29) is 24.0 Å². The van der Waals surface area contributed by atoms with Gasteiger partial charge in [-0.2, -0.15) is 11.8 Å². The summed E-state index contributed by atoms with van der Waals surface area (Å²) in [6.45, 7) is 1.81. The third kappa shape index (κ3) is 8.73. The molecule has 2 N–H and O–H groups in total. The fourth-order valence-electron chi connectivity index (χ4n) is 2.02. The molecule has 1 rings (SSSR count). The number of unbranched alkanes of at least 4 members (excludes halogenated alkanes) is 1. The second-order valence-corrected chi connectivity index (χ2v) is 5.67. The van der Waals surface area contributed by atoms with Crippen molar-refractivity contribution in [3.63, 3.8) is 0 Å². The lowest BCUT2D eigenvalue weighted by Gasteiger charge is -2.13. The van der Waals surface area contributed by atoms with E-state index >= 15 is 0 Å². The van der Waals surface area contributed by atoms with Gasteiger partial charge in [-0.1, -0.05) is 18.2 Å². The van der Waals surface area contributed by atoms with Gasteiger partial charge in [-0.05, 0) is 42.9 Å². The van der Waals surface area contributed by atoms with Crippen LogP contribution in [0.25, 0.3) is 0 Å². The third-order valence-electron chi connectivity index (χ3n) is 3.17. The number of nitrogens with one attached hydrogen (secondary N) is 2. The van der Waals surface area contributed by atoms with Crippen LogP contribution >= 0.6 is 35.7 Å². The molecule has 0 aliphatic heterocycles. The Balaban J connectivity index is 0.00000441. The summed E-state index contributed by atoms with van der Waals surface area (Å²) >= 11 is 1.90. The molecule has 1 aromatic carbocycles. The number of thioether (sulfide) groups is 1. The fraction of sp³-hybridized carbons (Fsp3) is 0.562. The van der Waals surface area contributed by atoms with Crippen molar-refractivity contribution in [2.24, 2.45) is 4.99 Å². The first-order chi connectivity index (χ1) is 10.3. The molecule has 6 heteroatoms. The molecule has 4 nitrogen and oxygen atoms in total. The largest absolute Gasteiger partial charge is 0.496 e. The van der Waals surface area contributed by atoms with Crippen molar-refractivity contribution in [2.45, 2.75) is 19.3 Å². The Hall–Kier alpha value is -0.630. The molecule has 0 radical (unpaired) electrons. The number of rotatable bonds is 9. The van der Waals surface area contributed by atoms with Gasteiger partial charge in [-0.15, -0.1) is 24.0 Å². The highest BCUT2D eigenvalue weighted by molar-refractivity contribution is 14.0. The summed E-state index contributed by atoms with van der Waals surface area (Å²) < 4.78 is 5.36. The summed E-state index contributed by atoms with van der Waals surface area (Å²) in [4.78, 5) is 4.24. The minimum atomic E-state index is 0. The SMILES string of the molecule is CN=C(NCCCCSC)NCCc1ccccc1OC.I. The molecule has 0 unspecified atom stereocenters. The Kier molecular flexibility index (Phi) is 13.6. The van der Waals surface area contributed by atoms with Gasteiger partial charge < -0.3 is 15.4 Å². The summed E-state index contributed by atoms with van der Waals surface area (Å²) in [5.41, 5.74) is 1.21. The van der Waals surface area contributed by atoms with Crippen molar-refractivity contribution in [1.29, 1.82) is 0 Å². The van der Waals surface area contributed by atoms with Crippen LogP contribution in [0.2, 0.25) is 0 Å². The van der Waals surface area contributed by atoms with E-state index in [0.29, 0.717) is 0 Å². The zero-order chi connectivity index (χ0) is 15.3. The predicted octanol–water partition coefficient (Wildman–Crippen LogP) is 3.16. The molecule has 22 heavy (non-hydrogen) atoms. The van der Waals surface area contributed by atoms with E-state index in [1.54, 1.807) is 14.2 Å². The molecule has 0 fully saturated rings. The van der Waals surface area contributed by atoms with E-state index in [4.69, 9.17) is 4.74 Å². The summed E-state index contributed by atoms with van der Waals surface area (Å²) in [6.07, 6.45) is 5.48. The Morgan fingerprint density at radius 3 is 2.59 bits per heavy atom. The van der Waals surface area contributed by atoms with Crippen molar-refractivity contribution in [3.8, 4) is 5.75 Å². The molecular weight excluding hydrogens is 409 g/mol. The number of nitrogens with zero attached hydrogens (tertiary/aromatic N) is 1. The molecule has 0 aromatic heterocycles. The van der Waals surface area contributed by atoms with Gasteiger partial charge in [0.15, 0.2) is 5.96 Å². The van der Waals surface area contributed by atoms with Crippen LogP contribution in [0.5, 0.6) is 5.75 Å². The van der Waals surface area contributed by atoms with E-state index in [0.717, 1.165) is 31.2 Å². The first-order valence-electron chi connectivity index (χ1n) is 7.37. The van der Waals surface area contributed by atoms with Crippen LogP contribution in [0.3, 0.4) is 0 Å². The summed E-state index contributed by atoms with van der Waals surface area (Å²) in [5, 5.41) is 6.68. The Labute approximate surface area is 155 Å². The van der Waals surface area contributed by atoms with E-state index in [1.807, 2.05) is 30.0 Å². The van der Waals surface area contributed by atoms with Gasteiger partial charge in [0, 0.05) is 20.1 Å². The van der Waals surface area contributed by atoms with Gasteiger partial charge in [0.2, 0.25) is 0 Å². The van der Waals surface area contributed by atoms with Gasteiger partial charge in [0.05, 0.1) is 7.11 Å². The summed E-state index contributed by atoms with van der Waals surface area (Å²) in [5.74, 6) is 3.04. The molecule has 1 aromatic rings. The molecule has 0 heterocycles. The molecule has 0 bridgehead atoms. The van der Waals surface area contributed by atoms with Crippen LogP contribution in [0.4, 0.5) is 0 Å². The highest BCUT2D eigenvalue weighted by atomic mass is 127. The molecule has 126 valence electrons. The van der Waals surface area contributed by atoms with Crippen molar-refractivity contribution < 1.29 is 4.74 Å². The fourth-order valence-corrected chi connectivity index (χ4v) is 2.52. The number of aliphatic imine (C=N–C) groups is 1. The second-order valence-electron chi connectivity index (χ2n) is 4.69. The van der Waals surface area contributed by atoms with Crippen LogP contribution in [0.1, 0.15) is 18.4 Å². The predicted molar refractivity (Wildman–Crippen MR) is 109 cm³/mol. The summed E-state index contributed by atoms with van der Waals surface area (Å²) in [7, 11) is 3.52. The lowest BCUT2D eigenvalue weighted by atomic mass is 10.1. The van der Waals surface area contributed by atoms with Gasteiger partial charge in [0.1, 0.15) is 5.75 Å². The maximum Gasteiger partial charge on any atom is 0.190 e. The van der Waals surface area contributed by atoms with Crippen molar-refractivity contribution in [2.75, 3.05) is 39.3 Å². The Morgan fingerprint density at radius 1 is 1.18 bits per heavy atom. The lowest BCUT2D eigenvalue weighted by molar-refractivity contribution is 0.409. The maximum atomic E-state index is 5.36. The van der Waals surface area contributed by atoms with Gasteiger partial charge in [-0.25, -0.2) is 0 Å². The monoisotopic (exact) mass is 437 g/mol. The zero-order valence-corrected chi connectivity index (χ0v) is 16.9. The Bertz CT molecular complexity index is 430. The number of halogens is 1. The molecule has 0 aliphatic carbocycles. The van der Waals surface area contributed by atoms with E-state index < -0.39 is 0 Å². The van der Waals surface area contributed by atoms with E-state index in [1.165, 1.54) is 24.2 Å². The molecule has 0 amide bonds. The van der Waals surface area contributed by atoms with Crippen molar-refractivity contribution in [1.82, 2.24) is 10.6 Å². The second kappa shape index (κ2) is 14.0. The lowest BCUT2D eigenvalue weighted by Crippen LogP contribution is -2.38. The van der Waals surface area contributed by atoms with E-state index in [9.17, 15) is 0 Å². The van der Waals surface area contributed by atoms with Gasteiger partial charge >= 0.3 is 0 Å². The summed E-state index contributed by atoms with van der Waals surface area (Å²) in [6, 6.07) is 8.12. The molecule has 0 atom stereocenters. The van der Waals surface area contributed by atoms with E-state index in [2.05, 4.69) is 27.9 Å². The first kappa shape index (κ1) is 21.4. The third-order valence-corrected chi connectivity index (χ3v) is 3.87. The van der Waals surface area contributed by atoms with Crippen molar-refractivity contribution >= 4 is 41.7 Å². The van der Waals surface area contributed by atoms with Crippen LogP contribution in [-0.2, 0) is 6.42 Å². The van der Waals surface area contributed by atoms with Crippen LogP contribution in [0, 0.1) is 0 Å². The number of para-hydroxylation sites is 1. The Morgan fingerprint density at radius 2 is 1.91 bits per heavy atom. The van der Waals surface area contributed by atoms with Gasteiger partial charge in [0.25, 0.3) is 0 Å². The van der Waals surface area contributed by atoms with Crippen LogP contribution < -0.4 is 15.4 Å². The number of ether oxygens (including phenoxy) is 1. The standard InChI is InChI=1S/C16H27N3OS.HI/c1-17-16(18-11-6-7-13-21-3)19-12-10-14-8-4-5-9-15(14)20-2;/h4-5,8-9H,6-7,10-13H2,1-3H3,(H2,17,18,19);1H. The number of guanidine groups is 1. The normalized spacial score (nSPS) is 10.8. The molecule has 0 spiro atoms. The average molecular weight is 437 g/mol. The minimum absolute atomic E-state index is 0. The molecule has 0 saturated heterocycles. The number of benzene rings is 1. The van der Waals surface area contributed by atoms with Gasteiger partial charge in [-0.3, -0.25) is 4.99 Å². The van der Waals surface area contributed by atoms with Crippen molar-refractivity contribution in [3.05, 3.63) is 29.8 Å². The smallest absolute Gasteiger partial charge is 0.190 e. The number of hydrogen-bond acceptors (Lipinski definition) is 3.